The number of amides is 2. The van der Waals surface area contributed by atoms with Crippen molar-refractivity contribution in [3.05, 3.63) is 95.3 Å². The smallest absolute Gasteiger partial charge is 0.411 e. The number of pyridine rings is 1. The highest BCUT2D eigenvalue weighted by Gasteiger charge is 2.27. The number of carbonyl (C=O) groups is 2. The molecule has 0 saturated carbocycles. The molecule has 1 atom stereocenters. The Morgan fingerprint density at radius 1 is 0.921 bits per heavy atom. The van der Waals surface area contributed by atoms with E-state index in [4.69, 9.17) is 4.74 Å². The van der Waals surface area contributed by atoms with Crippen LogP contribution in [0.1, 0.15) is 47.1 Å². The van der Waals surface area contributed by atoms with E-state index in [0.29, 0.717) is 24.3 Å². The predicted molar refractivity (Wildman–Crippen MR) is 149 cm³/mol. The zero-order chi connectivity index (χ0) is 26.9. The van der Waals surface area contributed by atoms with Crippen LogP contribution in [0.25, 0.3) is 0 Å². The van der Waals surface area contributed by atoms with Crippen LogP contribution in [0, 0.1) is 0 Å². The largest absolute Gasteiger partial charge is 0.453 e. The van der Waals surface area contributed by atoms with Crippen molar-refractivity contribution in [2.24, 2.45) is 0 Å². The number of anilines is 1. The summed E-state index contributed by atoms with van der Waals surface area (Å²) in [6, 6.07) is 22.0. The van der Waals surface area contributed by atoms with Gasteiger partial charge in [-0.25, -0.2) is 4.79 Å². The minimum atomic E-state index is -0.494. The summed E-state index contributed by atoms with van der Waals surface area (Å²) in [6.45, 7) is 9.90. The Kier molecular flexibility index (Phi) is 9.46. The van der Waals surface area contributed by atoms with Gasteiger partial charge in [0.25, 0.3) is 5.91 Å². The lowest BCUT2D eigenvalue weighted by atomic mass is 9.95. The molecule has 0 radical (unpaired) electrons. The lowest BCUT2D eigenvalue weighted by molar-refractivity contribution is 0.0772. The third-order valence-electron chi connectivity index (χ3n) is 7.07. The van der Waals surface area contributed by atoms with Crippen molar-refractivity contribution in [1.29, 1.82) is 0 Å². The van der Waals surface area contributed by atoms with Gasteiger partial charge in [-0.05, 0) is 61.4 Å². The molecular weight excluding hydrogens is 478 g/mol. The van der Waals surface area contributed by atoms with Gasteiger partial charge in [-0.3, -0.25) is 24.9 Å². The van der Waals surface area contributed by atoms with Gasteiger partial charge in [-0.15, -0.1) is 0 Å². The van der Waals surface area contributed by atoms with Crippen molar-refractivity contribution < 1.29 is 14.3 Å². The van der Waals surface area contributed by atoms with E-state index in [0.717, 1.165) is 49.5 Å². The molecule has 0 aliphatic carbocycles. The average molecular weight is 516 g/mol. The van der Waals surface area contributed by atoms with Crippen LogP contribution in [0.5, 0.6) is 0 Å². The molecule has 2 amide bonds. The number of nitrogens with one attached hydrogen (secondary N) is 1. The molecule has 1 aliphatic rings. The van der Waals surface area contributed by atoms with Gasteiger partial charge >= 0.3 is 6.09 Å². The Morgan fingerprint density at radius 3 is 2.11 bits per heavy atom. The number of rotatable bonds is 9. The van der Waals surface area contributed by atoms with Gasteiger partial charge in [0.2, 0.25) is 0 Å². The Bertz CT molecular complexity index is 1170. The van der Waals surface area contributed by atoms with E-state index < -0.39 is 6.09 Å². The molecule has 8 nitrogen and oxygen atoms in total. The van der Waals surface area contributed by atoms with E-state index in [9.17, 15) is 9.59 Å². The maximum absolute atomic E-state index is 12.9. The van der Waals surface area contributed by atoms with Crippen LogP contribution in [0.4, 0.5) is 10.5 Å². The summed E-state index contributed by atoms with van der Waals surface area (Å²) in [5.41, 5.74) is 4.72. The lowest BCUT2D eigenvalue weighted by Crippen LogP contribution is -2.47. The summed E-state index contributed by atoms with van der Waals surface area (Å²) in [5.74, 6) is 0.0551. The first-order chi connectivity index (χ1) is 18.5. The number of hydrogen-bond acceptors (Lipinski definition) is 6. The number of hydrogen-bond donors (Lipinski definition) is 1. The van der Waals surface area contributed by atoms with E-state index in [1.54, 1.807) is 0 Å². The van der Waals surface area contributed by atoms with Crippen molar-refractivity contribution in [3.63, 3.8) is 0 Å². The van der Waals surface area contributed by atoms with Gasteiger partial charge in [0.1, 0.15) is 0 Å². The number of methoxy groups -OCH3 is 1. The van der Waals surface area contributed by atoms with Crippen molar-refractivity contribution in [3.8, 4) is 0 Å². The minimum absolute atomic E-state index is 0.0248. The van der Waals surface area contributed by atoms with E-state index in [-0.39, 0.29) is 11.9 Å². The van der Waals surface area contributed by atoms with Gasteiger partial charge in [0, 0.05) is 63.3 Å². The van der Waals surface area contributed by atoms with Crippen molar-refractivity contribution in [2.75, 3.05) is 51.7 Å². The maximum atomic E-state index is 12.9. The molecule has 0 spiro atoms. The van der Waals surface area contributed by atoms with Gasteiger partial charge in [-0.2, -0.15) is 0 Å². The third kappa shape index (κ3) is 6.76. The van der Waals surface area contributed by atoms with Gasteiger partial charge in [0.05, 0.1) is 18.8 Å². The fraction of sp³-hybridized carbons (Fsp3) is 0.367. The molecular formula is C30H37N5O3. The van der Waals surface area contributed by atoms with Crippen molar-refractivity contribution in [2.45, 2.75) is 26.4 Å². The number of aromatic nitrogens is 1. The molecule has 8 heteroatoms. The highest BCUT2D eigenvalue weighted by atomic mass is 16.5. The molecule has 2 aromatic carbocycles. The number of benzene rings is 2. The molecule has 4 rings (SSSR count). The first-order valence-electron chi connectivity index (χ1n) is 13.2. The van der Waals surface area contributed by atoms with Crippen LogP contribution >= 0.6 is 0 Å². The zero-order valence-electron chi connectivity index (χ0n) is 22.5. The van der Waals surface area contributed by atoms with Crippen LogP contribution in [0.15, 0.2) is 72.9 Å². The van der Waals surface area contributed by atoms with Crippen LogP contribution < -0.4 is 5.32 Å². The summed E-state index contributed by atoms with van der Waals surface area (Å²) in [7, 11) is 1.35. The quantitative estimate of drug-likeness (QED) is 0.447. The highest BCUT2D eigenvalue weighted by Crippen LogP contribution is 2.31. The molecule has 0 bridgehead atoms. The number of ether oxygens (including phenoxy) is 1. The van der Waals surface area contributed by atoms with Crippen LogP contribution in [0.3, 0.4) is 0 Å². The number of carbonyl (C=O) groups excluding carboxylic acids is 2. The topological polar surface area (TPSA) is 78.0 Å². The van der Waals surface area contributed by atoms with Gasteiger partial charge < -0.3 is 9.64 Å². The summed E-state index contributed by atoms with van der Waals surface area (Å²) >= 11 is 0. The molecule has 1 aliphatic heterocycles. The molecule has 1 aromatic heterocycles. The third-order valence-corrected chi connectivity index (χ3v) is 7.07. The molecule has 2 heterocycles. The van der Waals surface area contributed by atoms with E-state index in [2.05, 4.69) is 38.3 Å². The number of nitrogens with zero attached hydrogens (tertiary/aromatic N) is 4. The van der Waals surface area contributed by atoms with Gasteiger partial charge in [-0.1, -0.05) is 30.3 Å². The predicted octanol–water partition coefficient (Wildman–Crippen LogP) is 4.65. The fourth-order valence-corrected chi connectivity index (χ4v) is 4.93. The standard InChI is InChI=1S/C30H37N5O3/c1-4-34(5-2)29(36)25-11-9-23(10-12-25)28(24-13-15-26(16-14-24)32-30(37)38-3)35-20-18-33(19-21-35)22-27-8-6-7-17-31-27/h6-17,28H,4-5,18-22H2,1-3H3,(H,32,37)/t28-/m1/s1. The maximum Gasteiger partial charge on any atom is 0.411 e. The minimum Gasteiger partial charge on any atom is -0.453 e. The normalized spacial score (nSPS) is 15.0. The Balaban J connectivity index is 1.55. The van der Waals surface area contributed by atoms with Crippen LogP contribution in [0.2, 0.25) is 0 Å². The lowest BCUT2D eigenvalue weighted by Gasteiger charge is -2.39. The molecule has 38 heavy (non-hydrogen) atoms. The van der Waals surface area contributed by atoms with Gasteiger partial charge in [0.15, 0.2) is 0 Å². The van der Waals surface area contributed by atoms with E-state index in [1.165, 1.54) is 7.11 Å². The van der Waals surface area contributed by atoms with E-state index >= 15 is 0 Å². The first kappa shape index (κ1) is 27.3. The monoisotopic (exact) mass is 515 g/mol. The first-order valence-corrected chi connectivity index (χ1v) is 13.2. The van der Waals surface area contributed by atoms with E-state index in [1.807, 2.05) is 73.5 Å². The Hall–Kier alpha value is -3.75. The number of piperazine rings is 1. The van der Waals surface area contributed by atoms with Crippen molar-refractivity contribution >= 4 is 17.7 Å². The SMILES string of the molecule is CCN(CC)C(=O)c1ccc([C@H](c2ccc(NC(=O)OC)cc2)N2CCN(Cc3ccccn3)CC2)cc1. The summed E-state index contributed by atoms with van der Waals surface area (Å²) in [6.07, 6.45) is 1.35. The van der Waals surface area contributed by atoms with Crippen molar-refractivity contribution in [1.82, 2.24) is 19.7 Å². The summed E-state index contributed by atoms with van der Waals surface area (Å²) in [4.78, 5) is 35.7. The highest BCUT2D eigenvalue weighted by molar-refractivity contribution is 5.94. The molecule has 200 valence electrons. The zero-order valence-corrected chi connectivity index (χ0v) is 22.5. The second-order valence-electron chi connectivity index (χ2n) is 9.37. The summed E-state index contributed by atoms with van der Waals surface area (Å²) in [5, 5.41) is 2.72. The molecule has 3 aromatic rings. The second kappa shape index (κ2) is 13.2. The molecule has 0 unspecified atom stereocenters. The Morgan fingerprint density at radius 2 is 1.55 bits per heavy atom. The molecule has 1 N–H and O–H groups in total. The molecule has 1 saturated heterocycles. The average Bonchev–Trinajstić information content (AvgIpc) is 2.96. The van der Waals surface area contributed by atoms with Crippen LogP contribution in [-0.2, 0) is 11.3 Å². The van der Waals surface area contributed by atoms with Crippen LogP contribution in [-0.4, -0.2) is 78.1 Å². The second-order valence-corrected chi connectivity index (χ2v) is 9.37. The summed E-state index contributed by atoms with van der Waals surface area (Å²) < 4.78 is 4.71. The fourth-order valence-electron chi connectivity index (χ4n) is 4.93. The Labute approximate surface area is 225 Å². The molecule has 1 fully saturated rings.